The van der Waals surface area contributed by atoms with E-state index in [0.29, 0.717) is 18.7 Å². The fourth-order valence-corrected chi connectivity index (χ4v) is 2.74. The highest BCUT2D eigenvalue weighted by Crippen LogP contribution is 2.26. The lowest BCUT2D eigenvalue weighted by Gasteiger charge is -2.29. The molecule has 3 atom stereocenters. The van der Waals surface area contributed by atoms with Crippen LogP contribution in [0.5, 0.6) is 0 Å². The molecule has 0 saturated carbocycles. The van der Waals surface area contributed by atoms with Crippen molar-refractivity contribution >= 4 is 0 Å². The summed E-state index contributed by atoms with van der Waals surface area (Å²) in [5.74, 6) is 0. The molecule has 0 radical (unpaired) electrons. The molecule has 2 saturated heterocycles. The van der Waals surface area contributed by atoms with Crippen LogP contribution >= 0.6 is 0 Å². The molecule has 0 aliphatic carbocycles. The molecule has 3 unspecified atom stereocenters. The predicted octanol–water partition coefficient (Wildman–Crippen LogP) is 0.983. The Bertz CT molecular complexity index is 222. The maximum Gasteiger partial charge on any atom is 0.159 e. The molecule has 0 aromatic heterocycles. The van der Waals surface area contributed by atoms with Crippen molar-refractivity contribution in [3.8, 4) is 0 Å². The van der Waals surface area contributed by atoms with Crippen LogP contribution < -0.4 is 0 Å². The first kappa shape index (κ1) is 12.3. The zero-order valence-electron chi connectivity index (χ0n) is 10.3. The van der Waals surface area contributed by atoms with Crippen LogP contribution in [-0.4, -0.2) is 54.2 Å². The third kappa shape index (κ3) is 2.74. The van der Waals surface area contributed by atoms with Crippen LogP contribution in [0, 0.1) is 0 Å². The van der Waals surface area contributed by atoms with E-state index in [2.05, 4.69) is 18.7 Å². The third-order valence-corrected chi connectivity index (χ3v) is 3.57. The van der Waals surface area contributed by atoms with Gasteiger partial charge in [0.1, 0.15) is 6.10 Å². The van der Waals surface area contributed by atoms with E-state index in [1.165, 1.54) is 19.4 Å². The molecular formula is C12H23NO3. The minimum Gasteiger partial charge on any atom is -0.394 e. The Kier molecular flexibility index (Phi) is 4.19. The summed E-state index contributed by atoms with van der Waals surface area (Å²) in [5.41, 5.74) is 0. The fraction of sp³-hybridized carbons (Fsp3) is 1.00. The number of aliphatic hydroxyl groups excluding tert-OH is 1. The van der Waals surface area contributed by atoms with E-state index >= 15 is 0 Å². The van der Waals surface area contributed by atoms with Gasteiger partial charge in [0.2, 0.25) is 0 Å². The van der Waals surface area contributed by atoms with Crippen LogP contribution in [0.15, 0.2) is 0 Å². The summed E-state index contributed by atoms with van der Waals surface area (Å²) in [7, 11) is 0. The Morgan fingerprint density at radius 2 is 2.25 bits per heavy atom. The molecule has 2 aliphatic rings. The molecule has 94 valence electrons. The quantitative estimate of drug-likeness (QED) is 0.780. The van der Waals surface area contributed by atoms with Crippen molar-refractivity contribution in [1.29, 1.82) is 0 Å². The van der Waals surface area contributed by atoms with Gasteiger partial charge in [-0.2, -0.15) is 0 Å². The van der Waals surface area contributed by atoms with Crippen molar-refractivity contribution < 1.29 is 14.6 Å². The largest absolute Gasteiger partial charge is 0.394 e. The highest BCUT2D eigenvalue weighted by atomic mass is 16.7. The predicted molar refractivity (Wildman–Crippen MR) is 61.2 cm³/mol. The summed E-state index contributed by atoms with van der Waals surface area (Å²) >= 11 is 0. The standard InChI is InChI=1S/C12H23NO3/c1-9(2)13-5-3-4-10(13)6-12-15-8-11(7-14)16-12/h9-12,14H,3-8H2,1-2H3. The number of nitrogens with zero attached hydrogens (tertiary/aromatic N) is 1. The molecule has 0 aromatic carbocycles. The summed E-state index contributed by atoms with van der Waals surface area (Å²) in [6, 6.07) is 1.19. The van der Waals surface area contributed by atoms with Crippen LogP contribution in [0.4, 0.5) is 0 Å². The first-order valence-corrected chi connectivity index (χ1v) is 6.34. The number of rotatable bonds is 4. The van der Waals surface area contributed by atoms with Gasteiger partial charge in [-0.3, -0.25) is 4.90 Å². The Hall–Kier alpha value is -0.160. The van der Waals surface area contributed by atoms with Gasteiger partial charge in [-0.1, -0.05) is 0 Å². The molecule has 2 aliphatic heterocycles. The fourth-order valence-electron chi connectivity index (χ4n) is 2.74. The Labute approximate surface area is 97.5 Å². The van der Waals surface area contributed by atoms with Gasteiger partial charge in [-0.15, -0.1) is 0 Å². The summed E-state index contributed by atoms with van der Waals surface area (Å²) < 4.78 is 11.1. The van der Waals surface area contributed by atoms with Gasteiger partial charge in [0, 0.05) is 18.5 Å². The van der Waals surface area contributed by atoms with Gasteiger partial charge >= 0.3 is 0 Å². The molecule has 4 nitrogen and oxygen atoms in total. The molecule has 4 heteroatoms. The van der Waals surface area contributed by atoms with Gasteiger partial charge in [0.25, 0.3) is 0 Å². The van der Waals surface area contributed by atoms with E-state index in [1.54, 1.807) is 0 Å². The van der Waals surface area contributed by atoms with Crippen LogP contribution in [0.3, 0.4) is 0 Å². The zero-order chi connectivity index (χ0) is 11.5. The van der Waals surface area contributed by atoms with E-state index < -0.39 is 0 Å². The topological polar surface area (TPSA) is 41.9 Å². The summed E-state index contributed by atoms with van der Waals surface area (Å²) in [4.78, 5) is 2.53. The van der Waals surface area contributed by atoms with Crippen molar-refractivity contribution in [2.45, 2.75) is 57.6 Å². The molecule has 1 N–H and O–H groups in total. The molecule has 0 aromatic rings. The second-order valence-electron chi connectivity index (χ2n) is 5.07. The number of hydrogen-bond donors (Lipinski definition) is 1. The van der Waals surface area contributed by atoms with Crippen molar-refractivity contribution in [3.63, 3.8) is 0 Å². The van der Waals surface area contributed by atoms with Gasteiger partial charge in [0.05, 0.1) is 13.2 Å². The van der Waals surface area contributed by atoms with Crippen LogP contribution in [0.1, 0.15) is 33.1 Å². The Morgan fingerprint density at radius 1 is 1.44 bits per heavy atom. The molecule has 0 spiro atoms. The Balaban J connectivity index is 1.81. The lowest BCUT2D eigenvalue weighted by molar-refractivity contribution is -0.0808. The maximum absolute atomic E-state index is 8.97. The first-order chi connectivity index (χ1) is 7.70. The summed E-state index contributed by atoms with van der Waals surface area (Å²) in [6.07, 6.45) is 3.24. The van der Waals surface area contributed by atoms with Gasteiger partial charge < -0.3 is 14.6 Å². The average molecular weight is 229 g/mol. The van der Waals surface area contributed by atoms with E-state index in [9.17, 15) is 0 Å². The number of ether oxygens (including phenoxy) is 2. The molecular weight excluding hydrogens is 206 g/mol. The van der Waals surface area contributed by atoms with E-state index in [1.807, 2.05) is 0 Å². The molecule has 0 bridgehead atoms. The van der Waals surface area contributed by atoms with Crippen molar-refractivity contribution in [2.24, 2.45) is 0 Å². The van der Waals surface area contributed by atoms with E-state index in [4.69, 9.17) is 14.6 Å². The molecule has 2 rings (SSSR count). The SMILES string of the molecule is CC(C)N1CCCC1CC1OCC(CO)O1. The highest BCUT2D eigenvalue weighted by molar-refractivity contribution is 4.83. The lowest BCUT2D eigenvalue weighted by Crippen LogP contribution is -2.37. The minimum absolute atomic E-state index is 0.0645. The zero-order valence-corrected chi connectivity index (χ0v) is 10.3. The number of aliphatic hydroxyl groups is 1. The van der Waals surface area contributed by atoms with Crippen molar-refractivity contribution in [2.75, 3.05) is 19.8 Å². The molecule has 0 amide bonds. The second kappa shape index (κ2) is 5.45. The van der Waals surface area contributed by atoms with E-state index in [0.717, 1.165) is 6.42 Å². The molecule has 16 heavy (non-hydrogen) atoms. The smallest absolute Gasteiger partial charge is 0.159 e. The van der Waals surface area contributed by atoms with Gasteiger partial charge in [-0.05, 0) is 33.2 Å². The van der Waals surface area contributed by atoms with Crippen molar-refractivity contribution in [3.05, 3.63) is 0 Å². The molecule has 2 fully saturated rings. The number of likely N-dealkylation sites (tertiary alicyclic amines) is 1. The molecule has 2 heterocycles. The summed E-state index contributed by atoms with van der Waals surface area (Å²) in [6.45, 7) is 6.28. The highest BCUT2D eigenvalue weighted by Gasteiger charge is 2.33. The van der Waals surface area contributed by atoms with Crippen molar-refractivity contribution in [1.82, 2.24) is 4.90 Å². The van der Waals surface area contributed by atoms with E-state index in [-0.39, 0.29) is 19.0 Å². The number of hydrogen-bond acceptors (Lipinski definition) is 4. The van der Waals surface area contributed by atoms with Gasteiger partial charge in [-0.25, -0.2) is 0 Å². The Morgan fingerprint density at radius 3 is 2.88 bits per heavy atom. The summed E-state index contributed by atoms with van der Waals surface area (Å²) in [5, 5.41) is 8.97. The normalized spacial score (nSPS) is 36.4. The first-order valence-electron chi connectivity index (χ1n) is 6.34. The maximum atomic E-state index is 8.97. The second-order valence-corrected chi connectivity index (χ2v) is 5.07. The minimum atomic E-state index is -0.112. The third-order valence-electron chi connectivity index (χ3n) is 3.57. The van der Waals surface area contributed by atoms with Gasteiger partial charge in [0.15, 0.2) is 6.29 Å². The van der Waals surface area contributed by atoms with Crippen LogP contribution in [-0.2, 0) is 9.47 Å². The van der Waals surface area contributed by atoms with Crippen LogP contribution in [0.25, 0.3) is 0 Å². The lowest BCUT2D eigenvalue weighted by atomic mass is 10.1. The average Bonchev–Trinajstić information content (AvgIpc) is 2.87. The van der Waals surface area contributed by atoms with Crippen LogP contribution in [0.2, 0.25) is 0 Å². The monoisotopic (exact) mass is 229 g/mol.